The highest BCUT2D eigenvalue weighted by Gasteiger charge is 2.16. The van der Waals surface area contributed by atoms with Crippen LogP contribution >= 0.6 is 34.5 Å². The first kappa shape index (κ1) is 14.1. The van der Waals surface area contributed by atoms with Crippen LogP contribution in [0.4, 0.5) is 10.6 Å². The fourth-order valence-electron chi connectivity index (χ4n) is 1.85. The van der Waals surface area contributed by atoms with Gasteiger partial charge in [0.1, 0.15) is 5.01 Å². The molecule has 0 saturated heterocycles. The van der Waals surface area contributed by atoms with Gasteiger partial charge >= 0.3 is 6.09 Å². The molecule has 1 amide bonds. The minimum absolute atomic E-state index is 0.243. The van der Waals surface area contributed by atoms with Gasteiger partial charge in [-0.1, -0.05) is 29.3 Å². The summed E-state index contributed by atoms with van der Waals surface area (Å²) < 4.78 is 0.630. The lowest BCUT2D eigenvalue weighted by Gasteiger charge is -2.02. The van der Waals surface area contributed by atoms with Crippen molar-refractivity contribution in [2.45, 2.75) is 0 Å². The minimum atomic E-state index is -1.18. The maximum absolute atomic E-state index is 10.8. The normalized spacial score (nSPS) is 10.8. The van der Waals surface area contributed by atoms with Gasteiger partial charge in [0.15, 0.2) is 5.82 Å². The second-order valence-corrected chi connectivity index (χ2v) is 5.87. The minimum Gasteiger partial charge on any atom is -0.465 e. The van der Waals surface area contributed by atoms with Gasteiger partial charge in [-0.2, -0.15) is 0 Å². The molecule has 3 aromatic rings. The summed E-state index contributed by atoms with van der Waals surface area (Å²) in [6.07, 6.45) is 0.311. The van der Waals surface area contributed by atoms with Crippen LogP contribution in [-0.4, -0.2) is 21.2 Å². The third kappa shape index (κ3) is 2.65. The van der Waals surface area contributed by atoms with Gasteiger partial charge in [0.25, 0.3) is 0 Å². The van der Waals surface area contributed by atoms with Gasteiger partial charge in [-0.15, -0.1) is 11.3 Å². The first-order valence-electron chi connectivity index (χ1n) is 5.76. The molecule has 8 heteroatoms. The van der Waals surface area contributed by atoms with Crippen molar-refractivity contribution in [1.29, 1.82) is 0 Å². The SMILES string of the molecule is O=C(O)Nc1nccc2nc(-c3c(Cl)cccc3Cl)sc12. The predicted octanol–water partition coefficient (Wildman–Crippen LogP) is 4.76. The Hall–Kier alpha value is -1.89. The van der Waals surface area contributed by atoms with Gasteiger partial charge in [0, 0.05) is 11.8 Å². The molecule has 0 atom stereocenters. The molecular weight excluding hydrogens is 333 g/mol. The van der Waals surface area contributed by atoms with E-state index < -0.39 is 6.09 Å². The van der Waals surface area contributed by atoms with E-state index in [0.717, 1.165) is 0 Å². The number of nitrogens with zero attached hydrogens (tertiary/aromatic N) is 2. The Labute approximate surface area is 133 Å². The van der Waals surface area contributed by atoms with Crippen molar-refractivity contribution in [2.75, 3.05) is 5.32 Å². The lowest BCUT2D eigenvalue weighted by molar-refractivity contribution is 0.209. The monoisotopic (exact) mass is 339 g/mol. The smallest absolute Gasteiger partial charge is 0.410 e. The average molecular weight is 340 g/mol. The zero-order valence-corrected chi connectivity index (χ0v) is 12.6. The number of carboxylic acid groups (broad SMARTS) is 1. The van der Waals surface area contributed by atoms with Crippen LogP contribution in [0.15, 0.2) is 30.5 Å². The average Bonchev–Trinajstić information content (AvgIpc) is 2.82. The zero-order chi connectivity index (χ0) is 15.0. The summed E-state index contributed by atoms with van der Waals surface area (Å²) in [7, 11) is 0. The Morgan fingerprint density at radius 3 is 2.62 bits per heavy atom. The van der Waals surface area contributed by atoms with Gasteiger partial charge < -0.3 is 5.11 Å². The molecule has 0 aliphatic carbocycles. The van der Waals surface area contributed by atoms with Crippen molar-refractivity contribution in [3.8, 4) is 10.6 Å². The molecule has 0 saturated carbocycles. The van der Waals surface area contributed by atoms with E-state index in [0.29, 0.717) is 30.8 Å². The standard InChI is InChI=1S/C13H7Cl2N3O2S/c14-6-2-1-3-7(15)9(6)12-17-8-4-5-16-11(10(8)21-12)18-13(19)20/h1-5H,(H,16,18)(H,19,20). The van der Waals surface area contributed by atoms with E-state index in [1.807, 2.05) is 0 Å². The number of fused-ring (bicyclic) bond motifs is 1. The number of amides is 1. The summed E-state index contributed by atoms with van der Waals surface area (Å²) in [5, 5.41) is 12.7. The van der Waals surface area contributed by atoms with Gasteiger partial charge in [0.2, 0.25) is 0 Å². The Bertz CT molecular complexity index is 830. The zero-order valence-electron chi connectivity index (χ0n) is 10.3. The van der Waals surface area contributed by atoms with E-state index in [2.05, 4.69) is 15.3 Å². The van der Waals surface area contributed by atoms with Gasteiger partial charge in [0.05, 0.1) is 20.3 Å². The molecule has 0 spiro atoms. The van der Waals surface area contributed by atoms with Crippen LogP contribution in [0.2, 0.25) is 10.0 Å². The first-order chi connectivity index (χ1) is 10.1. The number of carbonyl (C=O) groups is 1. The quantitative estimate of drug-likeness (QED) is 0.706. The Balaban J connectivity index is 2.20. The van der Waals surface area contributed by atoms with Crippen molar-refractivity contribution in [2.24, 2.45) is 0 Å². The molecule has 3 rings (SSSR count). The largest absolute Gasteiger partial charge is 0.465 e. The molecule has 2 aromatic heterocycles. The van der Waals surface area contributed by atoms with Crippen LogP contribution in [0.25, 0.3) is 20.8 Å². The number of rotatable bonds is 2. The molecular formula is C13H7Cl2N3O2S. The first-order valence-corrected chi connectivity index (χ1v) is 7.33. The number of hydrogen-bond acceptors (Lipinski definition) is 4. The van der Waals surface area contributed by atoms with Crippen LogP contribution in [0.3, 0.4) is 0 Å². The maximum Gasteiger partial charge on any atom is 0.410 e. The van der Waals surface area contributed by atoms with E-state index in [4.69, 9.17) is 28.3 Å². The molecule has 0 bridgehead atoms. The third-order valence-electron chi connectivity index (χ3n) is 2.71. The number of thiazole rings is 1. The Morgan fingerprint density at radius 2 is 1.95 bits per heavy atom. The fraction of sp³-hybridized carbons (Fsp3) is 0. The number of aromatic nitrogens is 2. The molecule has 5 nitrogen and oxygen atoms in total. The van der Waals surface area contributed by atoms with Gasteiger partial charge in [-0.25, -0.2) is 14.8 Å². The van der Waals surface area contributed by atoms with E-state index >= 15 is 0 Å². The summed E-state index contributed by atoms with van der Waals surface area (Å²) in [4.78, 5) is 19.2. The summed E-state index contributed by atoms with van der Waals surface area (Å²) in [6.45, 7) is 0. The molecule has 2 N–H and O–H groups in total. The highest BCUT2D eigenvalue weighted by Crippen LogP contribution is 2.40. The van der Waals surface area contributed by atoms with Crippen molar-refractivity contribution in [1.82, 2.24) is 9.97 Å². The van der Waals surface area contributed by atoms with Crippen molar-refractivity contribution in [3.63, 3.8) is 0 Å². The van der Waals surface area contributed by atoms with E-state index in [-0.39, 0.29) is 5.82 Å². The highest BCUT2D eigenvalue weighted by atomic mass is 35.5. The summed E-state index contributed by atoms with van der Waals surface area (Å²) in [6, 6.07) is 6.90. The molecule has 0 aliphatic rings. The van der Waals surface area contributed by atoms with Crippen molar-refractivity contribution >= 4 is 56.7 Å². The van der Waals surface area contributed by atoms with E-state index in [9.17, 15) is 4.79 Å². The van der Waals surface area contributed by atoms with Crippen LogP contribution in [-0.2, 0) is 0 Å². The molecule has 0 unspecified atom stereocenters. The van der Waals surface area contributed by atoms with E-state index in [1.165, 1.54) is 17.5 Å². The molecule has 1 aromatic carbocycles. The van der Waals surface area contributed by atoms with Crippen LogP contribution < -0.4 is 5.32 Å². The van der Waals surface area contributed by atoms with Crippen molar-refractivity contribution < 1.29 is 9.90 Å². The summed E-state index contributed by atoms with van der Waals surface area (Å²) in [5.74, 6) is 0.243. The lowest BCUT2D eigenvalue weighted by Crippen LogP contribution is -2.08. The highest BCUT2D eigenvalue weighted by molar-refractivity contribution is 7.22. The van der Waals surface area contributed by atoms with Crippen molar-refractivity contribution in [3.05, 3.63) is 40.5 Å². The number of anilines is 1. The second-order valence-electron chi connectivity index (χ2n) is 4.05. The van der Waals surface area contributed by atoms with Crippen LogP contribution in [0.5, 0.6) is 0 Å². The third-order valence-corrected chi connectivity index (χ3v) is 4.43. The molecule has 21 heavy (non-hydrogen) atoms. The topological polar surface area (TPSA) is 75.1 Å². The lowest BCUT2D eigenvalue weighted by atomic mass is 10.2. The summed E-state index contributed by atoms with van der Waals surface area (Å²) in [5.41, 5.74) is 1.26. The van der Waals surface area contributed by atoms with Gasteiger partial charge in [-0.05, 0) is 18.2 Å². The molecule has 0 fully saturated rings. The number of halogens is 2. The molecule has 0 radical (unpaired) electrons. The Kier molecular flexibility index (Phi) is 3.67. The molecule has 106 valence electrons. The Morgan fingerprint density at radius 1 is 1.24 bits per heavy atom. The molecule has 2 heterocycles. The molecule has 0 aliphatic heterocycles. The predicted molar refractivity (Wildman–Crippen MR) is 84.5 cm³/mol. The number of benzene rings is 1. The number of hydrogen-bond donors (Lipinski definition) is 2. The van der Waals surface area contributed by atoms with Crippen LogP contribution in [0, 0.1) is 0 Å². The fourth-order valence-corrected chi connectivity index (χ4v) is 3.62. The van der Waals surface area contributed by atoms with Crippen LogP contribution in [0.1, 0.15) is 0 Å². The van der Waals surface area contributed by atoms with E-state index in [1.54, 1.807) is 24.3 Å². The number of pyridine rings is 1. The summed E-state index contributed by atoms with van der Waals surface area (Å²) >= 11 is 13.6. The number of nitrogens with one attached hydrogen (secondary N) is 1. The van der Waals surface area contributed by atoms with Gasteiger partial charge in [-0.3, -0.25) is 5.32 Å². The second kappa shape index (κ2) is 5.48. The maximum atomic E-state index is 10.8.